The Balaban J connectivity index is 1.79. The van der Waals surface area contributed by atoms with E-state index >= 15 is 0 Å². The Morgan fingerprint density at radius 2 is 2.12 bits per heavy atom. The van der Waals surface area contributed by atoms with Crippen LogP contribution < -0.4 is 5.43 Å². The number of carbonyl (C=O) groups excluding carboxylic acids is 1. The van der Waals surface area contributed by atoms with E-state index in [1.165, 1.54) is 12.1 Å². The molecule has 3 aromatic rings. The molecule has 120 valence electrons. The van der Waals surface area contributed by atoms with Gasteiger partial charge in [-0.25, -0.2) is 5.43 Å². The smallest absolute Gasteiger partial charge is 0.273 e. The summed E-state index contributed by atoms with van der Waals surface area (Å²) in [6.45, 7) is 0. The zero-order valence-corrected chi connectivity index (χ0v) is 12.3. The van der Waals surface area contributed by atoms with Gasteiger partial charge in [-0.15, -0.1) is 0 Å². The quantitative estimate of drug-likeness (QED) is 0.388. The number of nitro groups is 1. The van der Waals surface area contributed by atoms with Crippen molar-refractivity contribution in [2.24, 2.45) is 5.10 Å². The zero-order chi connectivity index (χ0) is 17.1. The number of H-pyrrole nitrogens is 1. The lowest BCUT2D eigenvalue weighted by atomic mass is 10.1. The van der Waals surface area contributed by atoms with E-state index in [4.69, 9.17) is 0 Å². The highest BCUT2D eigenvalue weighted by atomic mass is 16.6. The molecule has 24 heavy (non-hydrogen) atoms. The standard InChI is InChI=1S/C16H12N4O4/c21-14-5-4-12(20(23)24)8-11(14)9-18-19-16(22)13-3-1-2-10-6-7-17-15(10)13/h1-9,17,21H,(H,19,22)/b18-9+. The number of fused-ring (bicyclic) bond motifs is 1. The lowest BCUT2D eigenvalue weighted by Crippen LogP contribution is -2.18. The second-order valence-electron chi connectivity index (χ2n) is 4.95. The molecule has 0 fully saturated rings. The average Bonchev–Trinajstić information content (AvgIpc) is 3.04. The number of amides is 1. The molecule has 8 nitrogen and oxygen atoms in total. The molecule has 0 saturated heterocycles. The first-order chi connectivity index (χ1) is 11.6. The fourth-order valence-electron chi connectivity index (χ4n) is 2.25. The van der Waals surface area contributed by atoms with Crippen LogP contribution in [0.1, 0.15) is 15.9 Å². The van der Waals surface area contributed by atoms with Crippen LogP contribution >= 0.6 is 0 Å². The maximum Gasteiger partial charge on any atom is 0.273 e. The molecule has 0 aliphatic carbocycles. The topological polar surface area (TPSA) is 121 Å². The largest absolute Gasteiger partial charge is 0.507 e. The molecule has 0 bridgehead atoms. The third kappa shape index (κ3) is 2.93. The van der Waals surface area contributed by atoms with Crippen molar-refractivity contribution in [2.75, 3.05) is 0 Å². The number of aromatic hydroxyl groups is 1. The number of benzene rings is 2. The van der Waals surface area contributed by atoms with Crippen molar-refractivity contribution in [3.63, 3.8) is 0 Å². The van der Waals surface area contributed by atoms with Gasteiger partial charge in [0, 0.05) is 29.3 Å². The number of aromatic amines is 1. The zero-order valence-electron chi connectivity index (χ0n) is 12.3. The molecule has 0 saturated carbocycles. The normalized spacial score (nSPS) is 11.0. The van der Waals surface area contributed by atoms with Gasteiger partial charge in [-0.1, -0.05) is 12.1 Å². The number of non-ortho nitro benzene ring substituents is 1. The fraction of sp³-hybridized carbons (Fsp3) is 0. The van der Waals surface area contributed by atoms with Crippen molar-refractivity contribution in [1.29, 1.82) is 0 Å². The number of carbonyl (C=O) groups is 1. The lowest BCUT2D eigenvalue weighted by Gasteiger charge is -2.02. The predicted octanol–water partition coefficient (Wildman–Crippen LogP) is 2.55. The molecule has 1 amide bonds. The van der Waals surface area contributed by atoms with Gasteiger partial charge in [0.1, 0.15) is 5.75 Å². The third-order valence-corrected chi connectivity index (χ3v) is 3.42. The van der Waals surface area contributed by atoms with Crippen molar-refractivity contribution >= 4 is 28.7 Å². The molecule has 1 heterocycles. The van der Waals surface area contributed by atoms with Crippen LogP contribution in [0.5, 0.6) is 5.75 Å². The summed E-state index contributed by atoms with van der Waals surface area (Å²) in [6.07, 6.45) is 2.88. The van der Waals surface area contributed by atoms with Gasteiger partial charge in [0.15, 0.2) is 0 Å². The maximum absolute atomic E-state index is 12.2. The Morgan fingerprint density at radius 3 is 2.92 bits per heavy atom. The van der Waals surface area contributed by atoms with Crippen LogP contribution in [0.25, 0.3) is 10.9 Å². The number of nitro benzene ring substituents is 1. The van der Waals surface area contributed by atoms with Crippen molar-refractivity contribution in [2.45, 2.75) is 0 Å². The number of para-hydroxylation sites is 1. The van der Waals surface area contributed by atoms with Crippen LogP contribution in [0.15, 0.2) is 53.8 Å². The summed E-state index contributed by atoms with van der Waals surface area (Å²) in [5.74, 6) is -0.616. The van der Waals surface area contributed by atoms with Gasteiger partial charge in [0.2, 0.25) is 0 Å². The van der Waals surface area contributed by atoms with Gasteiger partial charge in [-0.05, 0) is 18.2 Å². The average molecular weight is 324 g/mol. The summed E-state index contributed by atoms with van der Waals surface area (Å²) >= 11 is 0. The van der Waals surface area contributed by atoms with E-state index in [9.17, 15) is 20.0 Å². The molecular formula is C16H12N4O4. The van der Waals surface area contributed by atoms with E-state index in [1.54, 1.807) is 18.3 Å². The first-order valence-corrected chi connectivity index (χ1v) is 6.93. The molecular weight excluding hydrogens is 312 g/mol. The summed E-state index contributed by atoms with van der Waals surface area (Å²) in [7, 11) is 0. The summed E-state index contributed by atoms with van der Waals surface area (Å²) in [4.78, 5) is 25.3. The SMILES string of the molecule is O=C(N/N=C/c1cc([N+](=O)[O-])ccc1O)c1cccc2cc[nH]c12. The van der Waals surface area contributed by atoms with Crippen LogP contribution in [0, 0.1) is 10.1 Å². The van der Waals surface area contributed by atoms with Crippen LogP contribution in [-0.2, 0) is 0 Å². The summed E-state index contributed by atoms with van der Waals surface area (Å²) in [6, 6.07) is 10.6. The number of nitrogens with zero attached hydrogens (tertiary/aromatic N) is 2. The molecule has 8 heteroatoms. The lowest BCUT2D eigenvalue weighted by molar-refractivity contribution is -0.384. The molecule has 0 aliphatic rings. The number of hydrazone groups is 1. The number of phenolic OH excluding ortho intramolecular Hbond substituents is 1. The van der Waals surface area contributed by atoms with Gasteiger partial charge in [0.25, 0.3) is 11.6 Å². The highest BCUT2D eigenvalue weighted by Gasteiger charge is 2.11. The van der Waals surface area contributed by atoms with Gasteiger partial charge in [-0.3, -0.25) is 14.9 Å². The Kier molecular flexibility index (Phi) is 3.94. The summed E-state index contributed by atoms with van der Waals surface area (Å²) in [5, 5.41) is 25.1. The Labute approximate surface area is 135 Å². The van der Waals surface area contributed by atoms with Crippen molar-refractivity contribution < 1.29 is 14.8 Å². The van der Waals surface area contributed by atoms with E-state index in [1.807, 2.05) is 12.1 Å². The highest BCUT2D eigenvalue weighted by molar-refractivity contribution is 6.05. The third-order valence-electron chi connectivity index (χ3n) is 3.42. The Morgan fingerprint density at radius 1 is 1.29 bits per heavy atom. The molecule has 3 N–H and O–H groups in total. The van der Waals surface area contributed by atoms with Gasteiger partial charge < -0.3 is 10.1 Å². The Bertz CT molecular complexity index is 962. The molecule has 0 atom stereocenters. The van der Waals surface area contributed by atoms with E-state index in [-0.39, 0.29) is 17.0 Å². The van der Waals surface area contributed by atoms with Crippen LogP contribution in [0.3, 0.4) is 0 Å². The van der Waals surface area contributed by atoms with E-state index in [2.05, 4.69) is 15.5 Å². The molecule has 0 aliphatic heterocycles. The molecule has 3 rings (SSSR count). The predicted molar refractivity (Wildman–Crippen MR) is 88.1 cm³/mol. The Hall–Kier alpha value is -3.68. The first-order valence-electron chi connectivity index (χ1n) is 6.93. The van der Waals surface area contributed by atoms with E-state index < -0.39 is 10.8 Å². The van der Waals surface area contributed by atoms with Gasteiger partial charge in [-0.2, -0.15) is 5.10 Å². The minimum absolute atomic E-state index is 0.127. The van der Waals surface area contributed by atoms with Crippen LogP contribution in [-0.4, -0.2) is 27.1 Å². The van der Waals surface area contributed by atoms with Gasteiger partial charge >= 0.3 is 0 Å². The van der Waals surface area contributed by atoms with Crippen LogP contribution in [0.2, 0.25) is 0 Å². The fourth-order valence-corrected chi connectivity index (χ4v) is 2.25. The van der Waals surface area contributed by atoms with Crippen molar-refractivity contribution in [1.82, 2.24) is 10.4 Å². The molecule has 0 spiro atoms. The van der Waals surface area contributed by atoms with Crippen molar-refractivity contribution in [3.8, 4) is 5.75 Å². The number of nitrogens with one attached hydrogen (secondary N) is 2. The maximum atomic E-state index is 12.2. The van der Waals surface area contributed by atoms with Crippen LogP contribution in [0.4, 0.5) is 5.69 Å². The number of rotatable bonds is 4. The second-order valence-corrected chi connectivity index (χ2v) is 4.95. The first kappa shape index (κ1) is 15.2. The summed E-state index contributed by atoms with van der Waals surface area (Å²) < 4.78 is 0. The monoisotopic (exact) mass is 324 g/mol. The summed E-state index contributed by atoms with van der Waals surface area (Å²) in [5.41, 5.74) is 3.38. The second kappa shape index (κ2) is 6.21. The molecule has 2 aromatic carbocycles. The van der Waals surface area contributed by atoms with E-state index in [0.29, 0.717) is 11.1 Å². The van der Waals surface area contributed by atoms with E-state index in [0.717, 1.165) is 17.7 Å². The number of phenols is 1. The van der Waals surface area contributed by atoms with Gasteiger partial charge in [0.05, 0.1) is 22.2 Å². The van der Waals surface area contributed by atoms with Crippen molar-refractivity contribution in [3.05, 3.63) is 69.9 Å². The highest BCUT2D eigenvalue weighted by Crippen LogP contribution is 2.21. The molecule has 0 unspecified atom stereocenters. The number of aromatic nitrogens is 1. The molecule has 1 aromatic heterocycles. The number of hydrogen-bond donors (Lipinski definition) is 3. The molecule has 0 radical (unpaired) electrons. The minimum Gasteiger partial charge on any atom is -0.507 e. The minimum atomic E-state index is -0.582. The number of hydrogen-bond acceptors (Lipinski definition) is 5.